The molecule has 7 heteroatoms. The van der Waals surface area contributed by atoms with E-state index in [1.807, 2.05) is 54.6 Å². The van der Waals surface area contributed by atoms with E-state index in [-0.39, 0.29) is 6.79 Å². The van der Waals surface area contributed by atoms with Gasteiger partial charge in [0.2, 0.25) is 6.79 Å². The van der Waals surface area contributed by atoms with E-state index in [1.54, 1.807) is 7.11 Å². The fourth-order valence-electron chi connectivity index (χ4n) is 3.20. The van der Waals surface area contributed by atoms with Gasteiger partial charge in [0.25, 0.3) is 0 Å². The lowest BCUT2D eigenvalue weighted by Gasteiger charge is -2.15. The van der Waals surface area contributed by atoms with E-state index in [1.165, 1.54) is 0 Å². The number of hydrogen-bond donors (Lipinski definition) is 1. The molecule has 3 aromatic rings. The fourth-order valence-corrected chi connectivity index (χ4v) is 4.02. The lowest BCUT2D eigenvalue weighted by molar-refractivity contribution is 0.174. The molecule has 0 bridgehead atoms. The van der Waals surface area contributed by atoms with E-state index in [2.05, 4.69) is 21.2 Å². The molecular formula is C23H21BrClNO4. The van der Waals surface area contributed by atoms with Crippen LogP contribution >= 0.6 is 27.5 Å². The molecule has 0 fully saturated rings. The molecule has 0 spiro atoms. The molecule has 3 aromatic carbocycles. The largest absolute Gasteiger partial charge is 0.493 e. The molecule has 5 nitrogen and oxygen atoms in total. The lowest BCUT2D eigenvalue weighted by Crippen LogP contribution is -2.13. The van der Waals surface area contributed by atoms with Crippen LogP contribution < -0.4 is 24.3 Å². The zero-order valence-electron chi connectivity index (χ0n) is 16.4. The molecule has 1 heterocycles. The Kier molecular flexibility index (Phi) is 6.67. The fraction of sp³-hybridized carbons (Fsp3) is 0.217. The maximum Gasteiger partial charge on any atom is 0.231 e. The number of methoxy groups -OCH3 is 1. The Bertz CT molecular complexity index is 1040. The summed E-state index contributed by atoms with van der Waals surface area (Å²) in [7, 11) is 1.64. The summed E-state index contributed by atoms with van der Waals surface area (Å²) in [4.78, 5) is 0. The average Bonchev–Trinajstić information content (AvgIpc) is 3.20. The summed E-state index contributed by atoms with van der Waals surface area (Å²) in [5, 5.41) is 4.13. The summed E-state index contributed by atoms with van der Waals surface area (Å²) in [5.41, 5.74) is 3.20. The SMILES string of the molecule is COc1cc(CNCc2ccc3c(c2)OCO3)cc(Br)c1OCc1cccc(Cl)c1. The van der Waals surface area contributed by atoms with E-state index < -0.39 is 0 Å². The van der Waals surface area contributed by atoms with Crippen LogP contribution in [0, 0.1) is 0 Å². The van der Waals surface area contributed by atoms with Crippen molar-refractivity contribution in [1.29, 1.82) is 0 Å². The van der Waals surface area contributed by atoms with Gasteiger partial charge >= 0.3 is 0 Å². The monoisotopic (exact) mass is 489 g/mol. The number of rotatable bonds is 8. The number of hydrogen-bond acceptors (Lipinski definition) is 5. The first-order valence-electron chi connectivity index (χ1n) is 9.45. The molecule has 0 unspecified atom stereocenters. The van der Waals surface area contributed by atoms with Gasteiger partial charge in [-0.05, 0) is 69.0 Å². The first-order valence-corrected chi connectivity index (χ1v) is 10.6. The highest BCUT2D eigenvalue weighted by Crippen LogP contribution is 2.37. The second-order valence-electron chi connectivity index (χ2n) is 6.82. The van der Waals surface area contributed by atoms with Crippen LogP contribution in [-0.4, -0.2) is 13.9 Å². The minimum Gasteiger partial charge on any atom is -0.493 e. The summed E-state index contributed by atoms with van der Waals surface area (Å²) in [6, 6.07) is 17.6. The van der Waals surface area contributed by atoms with Crippen molar-refractivity contribution in [2.24, 2.45) is 0 Å². The Hall–Kier alpha value is -2.41. The molecular weight excluding hydrogens is 470 g/mol. The maximum absolute atomic E-state index is 6.05. The second-order valence-corrected chi connectivity index (χ2v) is 8.11. The Morgan fingerprint density at radius 1 is 0.967 bits per heavy atom. The molecule has 156 valence electrons. The molecule has 0 saturated heterocycles. The third-order valence-electron chi connectivity index (χ3n) is 4.66. The maximum atomic E-state index is 6.05. The summed E-state index contributed by atoms with van der Waals surface area (Å²) in [6.45, 7) is 2.07. The van der Waals surface area contributed by atoms with Crippen LogP contribution in [0.2, 0.25) is 5.02 Å². The van der Waals surface area contributed by atoms with Crippen LogP contribution in [0.1, 0.15) is 16.7 Å². The zero-order chi connectivity index (χ0) is 20.9. The Balaban J connectivity index is 1.39. The van der Waals surface area contributed by atoms with Gasteiger partial charge in [0.1, 0.15) is 6.61 Å². The van der Waals surface area contributed by atoms with E-state index >= 15 is 0 Å². The van der Waals surface area contributed by atoms with E-state index in [0.29, 0.717) is 36.2 Å². The van der Waals surface area contributed by atoms with Crippen molar-refractivity contribution in [2.45, 2.75) is 19.7 Å². The summed E-state index contributed by atoms with van der Waals surface area (Å²) in [6.07, 6.45) is 0. The van der Waals surface area contributed by atoms with Gasteiger partial charge in [-0.15, -0.1) is 0 Å². The van der Waals surface area contributed by atoms with Gasteiger partial charge in [-0.25, -0.2) is 0 Å². The van der Waals surface area contributed by atoms with Crippen LogP contribution in [0.3, 0.4) is 0 Å². The summed E-state index contributed by atoms with van der Waals surface area (Å²) >= 11 is 9.66. The number of benzene rings is 3. The highest BCUT2D eigenvalue weighted by atomic mass is 79.9. The topological polar surface area (TPSA) is 49.0 Å². The molecule has 4 rings (SSSR count). The Morgan fingerprint density at radius 2 is 1.80 bits per heavy atom. The van der Waals surface area contributed by atoms with Gasteiger partial charge in [-0.3, -0.25) is 0 Å². The van der Waals surface area contributed by atoms with Crippen molar-refractivity contribution >= 4 is 27.5 Å². The Labute approximate surface area is 189 Å². The summed E-state index contributed by atoms with van der Waals surface area (Å²) < 4.78 is 23.2. The van der Waals surface area contributed by atoms with Crippen molar-refractivity contribution in [3.8, 4) is 23.0 Å². The van der Waals surface area contributed by atoms with Gasteiger partial charge in [0.05, 0.1) is 11.6 Å². The molecule has 30 heavy (non-hydrogen) atoms. The molecule has 1 N–H and O–H groups in total. The third-order valence-corrected chi connectivity index (χ3v) is 5.48. The second kappa shape index (κ2) is 9.60. The molecule has 0 saturated carbocycles. The molecule has 0 aliphatic carbocycles. The normalized spacial score (nSPS) is 12.1. The van der Waals surface area contributed by atoms with Gasteiger partial charge in [0, 0.05) is 18.1 Å². The lowest BCUT2D eigenvalue weighted by atomic mass is 10.1. The highest BCUT2D eigenvalue weighted by molar-refractivity contribution is 9.10. The standard InChI is InChI=1S/C23H21BrClNO4/c1-27-22-10-17(12-26-11-15-5-6-20-21(9-15)30-14-29-20)8-19(24)23(22)28-13-16-3-2-4-18(25)7-16/h2-10,26H,11-14H2,1H3. The average molecular weight is 491 g/mol. The smallest absolute Gasteiger partial charge is 0.231 e. The van der Waals surface area contributed by atoms with E-state index in [4.69, 9.17) is 30.5 Å². The number of fused-ring (bicyclic) bond motifs is 1. The quantitative estimate of drug-likeness (QED) is 0.438. The molecule has 1 aliphatic rings. The van der Waals surface area contributed by atoms with Gasteiger partial charge in [-0.2, -0.15) is 0 Å². The first-order chi connectivity index (χ1) is 14.6. The van der Waals surface area contributed by atoms with Crippen LogP contribution in [0.25, 0.3) is 0 Å². The number of halogens is 2. The first kappa shape index (κ1) is 20.8. The number of ether oxygens (including phenoxy) is 4. The highest BCUT2D eigenvalue weighted by Gasteiger charge is 2.14. The van der Waals surface area contributed by atoms with Gasteiger partial charge in [-0.1, -0.05) is 29.8 Å². The van der Waals surface area contributed by atoms with Gasteiger partial charge < -0.3 is 24.3 Å². The van der Waals surface area contributed by atoms with Crippen molar-refractivity contribution < 1.29 is 18.9 Å². The molecule has 0 radical (unpaired) electrons. The third kappa shape index (κ3) is 5.01. The van der Waals surface area contributed by atoms with Crippen LogP contribution in [-0.2, 0) is 19.7 Å². The van der Waals surface area contributed by atoms with Crippen molar-refractivity contribution in [3.05, 3.63) is 80.8 Å². The number of nitrogens with one attached hydrogen (secondary N) is 1. The van der Waals surface area contributed by atoms with E-state index in [9.17, 15) is 0 Å². The Morgan fingerprint density at radius 3 is 2.63 bits per heavy atom. The molecule has 0 aromatic heterocycles. The molecule has 0 atom stereocenters. The molecule has 1 aliphatic heterocycles. The zero-order valence-corrected chi connectivity index (χ0v) is 18.8. The predicted octanol–water partition coefficient (Wildman–Crippen LogP) is 5.71. The van der Waals surface area contributed by atoms with Crippen molar-refractivity contribution in [1.82, 2.24) is 5.32 Å². The van der Waals surface area contributed by atoms with Crippen LogP contribution in [0.5, 0.6) is 23.0 Å². The van der Waals surface area contributed by atoms with E-state index in [0.717, 1.165) is 32.7 Å². The van der Waals surface area contributed by atoms with Crippen molar-refractivity contribution in [2.75, 3.05) is 13.9 Å². The predicted molar refractivity (Wildman–Crippen MR) is 120 cm³/mol. The summed E-state index contributed by atoms with van der Waals surface area (Å²) in [5.74, 6) is 2.92. The van der Waals surface area contributed by atoms with Gasteiger partial charge in [0.15, 0.2) is 23.0 Å². The minimum atomic E-state index is 0.283. The van der Waals surface area contributed by atoms with Crippen molar-refractivity contribution in [3.63, 3.8) is 0 Å². The van der Waals surface area contributed by atoms with Crippen LogP contribution in [0.15, 0.2) is 59.1 Å². The molecule has 0 amide bonds. The van der Waals surface area contributed by atoms with Crippen LogP contribution in [0.4, 0.5) is 0 Å². The minimum absolute atomic E-state index is 0.283.